The maximum atomic E-state index is 13.2. The van der Waals surface area contributed by atoms with E-state index in [1.165, 1.54) is 4.90 Å². The van der Waals surface area contributed by atoms with Gasteiger partial charge in [0.25, 0.3) is 0 Å². The Labute approximate surface area is 197 Å². The third kappa shape index (κ3) is 5.58. The fourth-order valence-corrected chi connectivity index (χ4v) is 4.51. The van der Waals surface area contributed by atoms with Gasteiger partial charge in [0.1, 0.15) is 0 Å². The topological polar surface area (TPSA) is 65.5 Å². The standard InChI is InChI=1S/C25H29F3N4O2/c1-17-22(3-2-12-30-17)32(24(34)20-15-29-16-20)21-6-4-18(5-7-21)19-9-13-31(14-10-19)23(33)8-11-25(26,27)28/h2-7,12,19-20,29H,8-11,13-16H2,1H3. The maximum absolute atomic E-state index is 13.2. The molecule has 2 saturated heterocycles. The number of likely N-dealkylation sites (tertiary alicyclic amines) is 1. The summed E-state index contributed by atoms with van der Waals surface area (Å²) in [7, 11) is 0. The van der Waals surface area contributed by atoms with Crippen LogP contribution in [0, 0.1) is 12.8 Å². The molecule has 0 bridgehead atoms. The van der Waals surface area contributed by atoms with E-state index >= 15 is 0 Å². The fourth-order valence-electron chi connectivity index (χ4n) is 4.51. The Morgan fingerprint density at radius 3 is 2.35 bits per heavy atom. The zero-order valence-electron chi connectivity index (χ0n) is 19.1. The van der Waals surface area contributed by atoms with Gasteiger partial charge in [-0.25, -0.2) is 0 Å². The molecule has 0 unspecified atom stereocenters. The second-order valence-electron chi connectivity index (χ2n) is 9.00. The molecule has 2 aliphatic rings. The van der Waals surface area contributed by atoms with Crippen molar-refractivity contribution in [3.63, 3.8) is 0 Å². The molecule has 2 fully saturated rings. The van der Waals surface area contributed by atoms with E-state index in [-0.39, 0.29) is 17.7 Å². The number of amides is 2. The van der Waals surface area contributed by atoms with Crippen molar-refractivity contribution in [2.24, 2.45) is 5.92 Å². The lowest BCUT2D eigenvalue weighted by Crippen LogP contribution is -2.51. The van der Waals surface area contributed by atoms with Crippen LogP contribution in [0.15, 0.2) is 42.6 Å². The van der Waals surface area contributed by atoms with Crippen molar-refractivity contribution >= 4 is 23.2 Å². The number of piperidine rings is 1. The normalized spacial score (nSPS) is 17.4. The summed E-state index contributed by atoms with van der Waals surface area (Å²) in [5.74, 6) is -0.245. The Morgan fingerprint density at radius 1 is 1.12 bits per heavy atom. The van der Waals surface area contributed by atoms with Crippen LogP contribution in [0.1, 0.15) is 42.9 Å². The van der Waals surface area contributed by atoms with Gasteiger partial charge in [0.2, 0.25) is 11.8 Å². The highest BCUT2D eigenvalue weighted by atomic mass is 19.4. The van der Waals surface area contributed by atoms with Crippen molar-refractivity contribution < 1.29 is 22.8 Å². The zero-order valence-corrected chi connectivity index (χ0v) is 19.1. The maximum Gasteiger partial charge on any atom is 0.389 e. The van der Waals surface area contributed by atoms with Crippen molar-refractivity contribution in [3.05, 3.63) is 53.9 Å². The van der Waals surface area contributed by atoms with Crippen molar-refractivity contribution in [1.29, 1.82) is 0 Å². The molecule has 1 aromatic carbocycles. The molecule has 0 aliphatic carbocycles. The highest BCUT2D eigenvalue weighted by molar-refractivity contribution is 6.02. The number of alkyl halides is 3. The van der Waals surface area contributed by atoms with Crippen LogP contribution in [0.2, 0.25) is 0 Å². The van der Waals surface area contributed by atoms with Crippen LogP contribution in [-0.4, -0.2) is 54.1 Å². The van der Waals surface area contributed by atoms with Gasteiger partial charge in [0, 0.05) is 44.5 Å². The van der Waals surface area contributed by atoms with E-state index in [0.717, 1.165) is 22.6 Å². The minimum absolute atomic E-state index is 0.0354. The second kappa shape index (κ2) is 10.1. The van der Waals surface area contributed by atoms with Crippen molar-refractivity contribution in [3.8, 4) is 0 Å². The van der Waals surface area contributed by atoms with E-state index in [1.807, 2.05) is 43.3 Å². The molecule has 2 aromatic rings. The number of nitrogens with zero attached hydrogens (tertiary/aromatic N) is 3. The summed E-state index contributed by atoms with van der Waals surface area (Å²) in [5, 5.41) is 3.15. The molecule has 2 aliphatic heterocycles. The molecule has 4 rings (SSSR count). The van der Waals surface area contributed by atoms with Gasteiger partial charge in [-0.2, -0.15) is 13.2 Å². The molecule has 0 spiro atoms. The van der Waals surface area contributed by atoms with Crippen molar-refractivity contribution in [1.82, 2.24) is 15.2 Å². The Balaban J connectivity index is 1.43. The summed E-state index contributed by atoms with van der Waals surface area (Å²) in [6.07, 6.45) is -2.76. The molecule has 0 radical (unpaired) electrons. The SMILES string of the molecule is Cc1ncccc1N(C(=O)C1CNC1)c1ccc(C2CCN(C(=O)CCC(F)(F)F)CC2)cc1. The lowest BCUT2D eigenvalue weighted by molar-refractivity contribution is -0.149. The summed E-state index contributed by atoms with van der Waals surface area (Å²) in [6.45, 7) is 4.11. The lowest BCUT2D eigenvalue weighted by atomic mass is 9.89. The number of nitrogens with one attached hydrogen (secondary N) is 1. The highest BCUT2D eigenvalue weighted by Crippen LogP contribution is 2.34. The molecule has 2 amide bonds. The number of anilines is 2. The molecule has 0 saturated carbocycles. The van der Waals surface area contributed by atoms with Crippen LogP contribution < -0.4 is 10.2 Å². The number of hydrogen-bond acceptors (Lipinski definition) is 4. The first-order valence-electron chi connectivity index (χ1n) is 11.6. The number of aromatic nitrogens is 1. The van der Waals surface area contributed by atoms with E-state index < -0.39 is 24.9 Å². The molecule has 3 heterocycles. The van der Waals surface area contributed by atoms with Crippen LogP contribution >= 0.6 is 0 Å². The van der Waals surface area contributed by atoms with Gasteiger partial charge in [0.15, 0.2) is 0 Å². The minimum atomic E-state index is -4.31. The molecule has 6 nitrogen and oxygen atoms in total. The van der Waals surface area contributed by atoms with E-state index in [0.29, 0.717) is 39.0 Å². The van der Waals surface area contributed by atoms with Crippen LogP contribution in [-0.2, 0) is 9.59 Å². The third-order valence-electron chi connectivity index (χ3n) is 6.66. The van der Waals surface area contributed by atoms with Crippen molar-refractivity contribution in [2.75, 3.05) is 31.1 Å². The van der Waals surface area contributed by atoms with Gasteiger partial charge in [-0.1, -0.05) is 12.1 Å². The van der Waals surface area contributed by atoms with Gasteiger partial charge < -0.3 is 10.2 Å². The number of rotatable bonds is 6. The van der Waals surface area contributed by atoms with Crippen LogP contribution in [0.25, 0.3) is 0 Å². The zero-order chi connectivity index (χ0) is 24.3. The number of benzene rings is 1. The van der Waals surface area contributed by atoms with E-state index in [4.69, 9.17) is 0 Å². The number of aryl methyl sites for hydroxylation is 1. The molecule has 34 heavy (non-hydrogen) atoms. The first kappa shape index (κ1) is 24.2. The quantitative estimate of drug-likeness (QED) is 0.677. The number of carbonyl (C=O) groups is 2. The largest absolute Gasteiger partial charge is 0.389 e. The first-order chi connectivity index (χ1) is 16.2. The van der Waals surface area contributed by atoms with E-state index in [9.17, 15) is 22.8 Å². The second-order valence-corrected chi connectivity index (χ2v) is 9.00. The van der Waals surface area contributed by atoms with E-state index in [1.54, 1.807) is 11.1 Å². The Bertz CT molecular complexity index is 1010. The predicted octanol–water partition coefficient (Wildman–Crippen LogP) is 4.32. The molecule has 9 heteroatoms. The Morgan fingerprint density at radius 2 is 1.79 bits per heavy atom. The predicted molar refractivity (Wildman–Crippen MR) is 123 cm³/mol. The van der Waals surface area contributed by atoms with Gasteiger partial charge in [-0.05, 0) is 55.5 Å². The Hall–Kier alpha value is -2.94. The third-order valence-corrected chi connectivity index (χ3v) is 6.66. The lowest BCUT2D eigenvalue weighted by Gasteiger charge is -2.34. The first-order valence-corrected chi connectivity index (χ1v) is 11.6. The van der Waals surface area contributed by atoms with Gasteiger partial charge >= 0.3 is 6.18 Å². The summed E-state index contributed by atoms with van der Waals surface area (Å²) >= 11 is 0. The number of hydrogen-bond donors (Lipinski definition) is 1. The van der Waals surface area contributed by atoms with Crippen LogP contribution in [0.5, 0.6) is 0 Å². The smallest absolute Gasteiger partial charge is 0.343 e. The molecule has 1 aromatic heterocycles. The average molecular weight is 475 g/mol. The van der Waals surface area contributed by atoms with E-state index in [2.05, 4.69) is 10.3 Å². The van der Waals surface area contributed by atoms with Crippen LogP contribution in [0.3, 0.4) is 0 Å². The monoisotopic (exact) mass is 474 g/mol. The fraction of sp³-hybridized carbons (Fsp3) is 0.480. The Kier molecular flexibility index (Phi) is 7.21. The molecular weight excluding hydrogens is 445 g/mol. The summed E-state index contributed by atoms with van der Waals surface area (Å²) in [5.41, 5.74) is 3.41. The summed E-state index contributed by atoms with van der Waals surface area (Å²) in [6, 6.07) is 11.6. The molecule has 182 valence electrons. The van der Waals surface area contributed by atoms with Gasteiger partial charge in [0.05, 0.1) is 23.7 Å². The number of carbonyl (C=O) groups excluding carboxylic acids is 2. The van der Waals surface area contributed by atoms with Gasteiger partial charge in [-0.15, -0.1) is 0 Å². The average Bonchev–Trinajstić information content (AvgIpc) is 2.78. The van der Waals surface area contributed by atoms with Gasteiger partial charge in [-0.3, -0.25) is 19.5 Å². The molecule has 0 atom stereocenters. The molecule has 1 N–H and O–H groups in total. The summed E-state index contributed by atoms with van der Waals surface area (Å²) in [4.78, 5) is 32.9. The minimum Gasteiger partial charge on any atom is -0.343 e. The van der Waals surface area contributed by atoms with Crippen LogP contribution in [0.4, 0.5) is 24.5 Å². The van der Waals surface area contributed by atoms with Crippen molar-refractivity contribution in [2.45, 2.75) is 44.7 Å². The summed E-state index contributed by atoms with van der Waals surface area (Å²) < 4.78 is 37.2. The number of pyridine rings is 1. The molecular formula is C25H29F3N4O2. The highest BCUT2D eigenvalue weighted by Gasteiger charge is 2.33. The number of halogens is 3.